The van der Waals surface area contributed by atoms with Crippen molar-refractivity contribution in [2.75, 3.05) is 19.6 Å². The molecule has 1 aliphatic heterocycles. The maximum absolute atomic E-state index is 11.9. The number of hydrogen-bond acceptors (Lipinski definition) is 3. The molecule has 5 nitrogen and oxygen atoms in total. The van der Waals surface area contributed by atoms with Gasteiger partial charge in [0.2, 0.25) is 5.91 Å². The van der Waals surface area contributed by atoms with Crippen LogP contribution in [0.3, 0.4) is 0 Å². The number of amides is 1. The predicted octanol–water partition coefficient (Wildman–Crippen LogP) is 0.554. The van der Waals surface area contributed by atoms with Crippen LogP contribution >= 0.6 is 0 Å². The van der Waals surface area contributed by atoms with Gasteiger partial charge in [-0.1, -0.05) is 6.92 Å². The van der Waals surface area contributed by atoms with Gasteiger partial charge in [-0.25, -0.2) is 0 Å². The molecule has 1 fully saturated rings. The lowest BCUT2D eigenvalue weighted by molar-refractivity contribution is -0.142. The Morgan fingerprint density at radius 2 is 1.94 bits per heavy atom. The van der Waals surface area contributed by atoms with Gasteiger partial charge < -0.3 is 15.3 Å². The molecule has 0 spiro atoms. The second-order valence-electron chi connectivity index (χ2n) is 5.82. The Morgan fingerprint density at radius 1 is 1.35 bits per heavy atom. The van der Waals surface area contributed by atoms with Crippen molar-refractivity contribution < 1.29 is 14.7 Å². The monoisotopic (exact) mass is 242 g/mol. The van der Waals surface area contributed by atoms with E-state index in [0.29, 0.717) is 13.1 Å². The molecule has 0 radical (unpaired) electrons. The summed E-state index contributed by atoms with van der Waals surface area (Å²) in [7, 11) is 0. The SMILES string of the molecule is C[C@@H]1CN(C(=O)CNC(C)(C)C)C[C@H]1C(=O)O. The Kier molecular flexibility index (Phi) is 4.14. The van der Waals surface area contributed by atoms with Crippen LogP contribution in [0.25, 0.3) is 0 Å². The first-order valence-corrected chi connectivity index (χ1v) is 5.96. The Labute approximate surface area is 102 Å². The van der Waals surface area contributed by atoms with E-state index in [2.05, 4.69) is 5.32 Å². The van der Waals surface area contributed by atoms with E-state index in [-0.39, 0.29) is 23.9 Å². The minimum Gasteiger partial charge on any atom is -0.481 e. The summed E-state index contributed by atoms with van der Waals surface area (Å²) in [5.74, 6) is -1.22. The van der Waals surface area contributed by atoms with Gasteiger partial charge in [-0.2, -0.15) is 0 Å². The molecule has 1 rings (SSSR count). The van der Waals surface area contributed by atoms with Gasteiger partial charge in [0.1, 0.15) is 0 Å². The maximum atomic E-state index is 11.9. The summed E-state index contributed by atoms with van der Waals surface area (Å²) >= 11 is 0. The van der Waals surface area contributed by atoms with E-state index in [9.17, 15) is 9.59 Å². The van der Waals surface area contributed by atoms with E-state index in [1.165, 1.54) is 0 Å². The van der Waals surface area contributed by atoms with Gasteiger partial charge in [0.05, 0.1) is 12.5 Å². The molecule has 1 heterocycles. The number of nitrogens with zero attached hydrogens (tertiary/aromatic N) is 1. The quantitative estimate of drug-likeness (QED) is 0.758. The van der Waals surface area contributed by atoms with Crippen molar-refractivity contribution in [1.29, 1.82) is 0 Å². The number of carbonyl (C=O) groups excluding carboxylic acids is 1. The molecule has 1 saturated heterocycles. The molecule has 1 amide bonds. The first-order chi connectivity index (χ1) is 7.70. The van der Waals surface area contributed by atoms with Gasteiger partial charge in [-0.05, 0) is 26.7 Å². The van der Waals surface area contributed by atoms with Gasteiger partial charge in [-0.3, -0.25) is 9.59 Å². The van der Waals surface area contributed by atoms with Crippen LogP contribution in [-0.2, 0) is 9.59 Å². The van der Waals surface area contributed by atoms with Crippen molar-refractivity contribution in [2.24, 2.45) is 11.8 Å². The normalized spacial score (nSPS) is 25.1. The lowest BCUT2D eigenvalue weighted by atomic mass is 9.99. The van der Waals surface area contributed by atoms with Crippen molar-refractivity contribution in [3.05, 3.63) is 0 Å². The molecule has 2 N–H and O–H groups in total. The number of hydrogen-bond donors (Lipinski definition) is 2. The molecule has 0 aromatic rings. The zero-order valence-corrected chi connectivity index (χ0v) is 11.0. The molecular formula is C12H22N2O3. The summed E-state index contributed by atoms with van der Waals surface area (Å²) in [5, 5.41) is 12.1. The fourth-order valence-corrected chi connectivity index (χ4v) is 1.94. The van der Waals surface area contributed by atoms with Gasteiger partial charge in [0.15, 0.2) is 0 Å². The zero-order valence-electron chi connectivity index (χ0n) is 11.0. The Hall–Kier alpha value is -1.10. The lowest BCUT2D eigenvalue weighted by Crippen LogP contribution is -2.44. The third kappa shape index (κ3) is 4.00. The van der Waals surface area contributed by atoms with Gasteiger partial charge >= 0.3 is 5.97 Å². The molecule has 0 bridgehead atoms. The van der Waals surface area contributed by atoms with Crippen molar-refractivity contribution in [1.82, 2.24) is 10.2 Å². The highest BCUT2D eigenvalue weighted by Gasteiger charge is 2.36. The largest absolute Gasteiger partial charge is 0.481 e. The van der Waals surface area contributed by atoms with Crippen LogP contribution in [0.4, 0.5) is 0 Å². The number of carboxylic acid groups (broad SMARTS) is 1. The average molecular weight is 242 g/mol. The van der Waals surface area contributed by atoms with E-state index >= 15 is 0 Å². The number of carboxylic acids is 1. The number of aliphatic carboxylic acids is 1. The van der Waals surface area contributed by atoms with Crippen LogP contribution in [0.15, 0.2) is 0 Å². The minimum absolute atomic E-state index is 0.0180. The Bertz CT molecular complexity index is 309. The average Bonchev–Trinajstić information content (AvgIpc) is 2.55. The van der Waals surface area contributed by atoms with Crippen molar-refractivity contribution in [3.8, 4) is 0 Å². The second-order valence-corrected chi connectivity index (χ2v) is 5.82. The zero-order chi connectivity index (χ0) is 13.2. The molecule has 0 aliphatic carbocycles. The summed E-state index contributed by atoms with van der Waals surface area (Å²) < 4.78 is 0. The highest BCUT2D eigenvalue weighted by molar-refractivity contribution is 5.80. The van der Waals surface area contributed by atoms with Gasteiger partial charge in [0, 0.05) is 18.6 Å². The van der Waals surface area contributed by atoms with Gasteiger partial charge in [-0.15, -0.1) is 0 Å². The predicted molar refractivity (Wildman–Crippen MR) is 64.6 cm³/mol. The molecule has 1 aliphatic rings. The van der Waals surface area contributed by atoms with Crippen LogP contribution < -0.4 is 5.32 Å². The molecule has 0 aromatic heterocycles. The topological polar surface area (TPSA) is 69.6 Å². The molecule has 0 unspecified atom stereocenters. The molecular weight excluding hydrogens is 220 g/mol. The van der Waals surface area contributed by atoms with Crippen molar-refractivity contribution in [3.63, 3.8) is 0 Å². The number of likely N-dealkylation sites (tertiary alicyclic amines) is 1. The number of rotatable bonds is 3. The first-order valence-electron chi connectivity index (χ1n) is 5.96. The van der Waals surface area contributed by atoms with E-state index in [0.717, 1.165) is 0 Å². The highest BCUT2D eigenvalue weighted by Crippen LogP contribution is 2.23. The molecule has 5 heteroatoms. The lowest BCUT2D eigenvalue weighted by Gasteiger charge is -2.23. The van der Waals surface area contributed by atoms with Crippen LogP contribution in [-0.4, -0.2) is 47.1 Å². The smallest absolute Gasteiger partial charge is 0.308 e. The van der Waals surface area contributed by atoms with Gasteiger partial charge in [0.25, 0.3) is 0 Å². The highest BCUT2D eigenvalue weighted by atomic mass is 16.4. The van der Waals surface area contributed by atoms with Crippen molar-refractivity contribution >= 4 is 11.9 Å². The van der Waals surface area contributed by atoms with E-state index in [1.54, 1.807) is 4.90 Å². The summed E-state index contributed by atoms with van der Waals surface area (Å²) in [5.41, 5.74) is -0.104. The Morgan fingerprint density at radius 3 is 2.35 bits per heavy atom. The number of carbonyl (C=O) groups is 2. The van der Waals surface area contributed by atoms with E-state index < -0.39 is 11.9 Å². The second kappa shape index (κ2) is 5.04. The summed E-state index contributed by atoms with van der Waals surface area (Å²) in [4.78, 5) is 24.5. The van der Waals surface area contributed by atoms with E-state index in [1.807, 2.05) is 27.7 Å². The summed E-state index contributed by atoms with van der Waals surface area (Å²) in [6.07, 6.45) is 0. The summed E-state index contributed by atoms with van der Waals surface area (Å²) in [6.45, 7) is 9.00. The standard InChI is InChI=1S/C12H22N2O3/c1-8-6-14(7-9(8)11(16)17)10(15)5-13-12(2,3)4/h8-9,13H,5-7H2,1-4H3,(H,16,17)/t8-,9-/m1/s1. The Balaban J connectivity index is 2.48. The van der Waals surface area contributed by atoms with Crippen LogP contribution in [0, 0.1) is 11.8 Å². The van der Waals surface area contributed by atoms with Crippen LogP contribution in [0.2, 0.25) is 0 Å². The molecule has 2 atom stereocenters. The molecule has 0 saturated carbocycles. The fraction of sp³-hybridized carbons (Fsp3) is 0.833. The molecule has 17 heavy (non-hydrogen) atoms. The third-order valence-corrected chi connectivity index (χ3v) is 3.05. The third-order valence-electron chi connectivity index (χ3n) is 3.05. The van der Waals surface area contributed by atoms with E-state index in [4.69, 9.17) is 5.11 Å². The molecule has 0 aromatic carbocycles. The number of nitrogens with one attached hydrogen (secondary N) is 1. The first kappa shape index (κ1) is 14.0. The summed E-state index contributed by atoms with van der Waals surface area (Å²) in [6, 6.07) is 0. The fourth-order valence-electron chi connectivity index (χ4n) is 1.94. The van der Waals surface area contributed by atoms with Crippen molar-refractivity contribution in [2.45, 2.75) is 33.2 Å². The molecule has 98 valence electrons. The minimum atomic E-state index is -0.809. The maximum Gasteiger partial charge on any atom is 0.308 e. The van der Waals surface area contributed by atoms with Crippen LogP contribution in [0.1, 0.15) is 27.7 Å². The van der Waals surface area contributed by atoms with Crippen LogP contribution in [0.5, 0.6) is 0 Å².